The first kappa shape index (κ1) is 7.99. The van der Waals surface area contributed by atoms with Crippen LogP contribution in [0.15, 0.2) is 36.5 Å². The van der Waals surface area contributed by atoms with Crippen LogP contribution in [0.25, 0.3) is 0 Å². The standard InChI is InChI=1S/C10H13N/c1-3-6-9(2)10-7-4-5-8-11-10/h3-9H,1-2H3/b6-3+. The lowest BCUT2D eigenvalue weighted by Crippen LogP contribution is -1.91. The minimum atomic E-state index is 0.432. The van der Waals surface area contributed by atoms with Crippen LogP contribution in [0, 0.1) is 0 Å². The average molecular weight is 147 g/mol. The molecule has 0 aliphatic carbocycles. The summed E-state index contributed by atoms with van der Waals surface area (Å²) in [4.78, 5) is 4.25. The van der Waals surface area contributed by atoms with Crippen molar-refractivity contribution >= 4 is 0 Å². The van der Waals surface area contributed by atoms with Gasteiger partial charge >= 0.3 is 0 Å². The number of hydrogen-bond acceptors (Lipinski definition) is 1. The van der Waals surface area contributed by atoms with Crippen molar-refractivity contribution in [2.24, 2.45) is 0 Å². The maximum Gasteiger partial charge on any atom is 0.0469 e. The third kappa shape index (κ3) is 2.19. The Morgan fingerprint density at radius 2 is 2.27 bits per heavy atom. The molecule has 0 fully saturated rings. The molecular formula is C10H13N. The summed E-state index contributed by atoms with van der Waals surface area (Å²) in [5.74, 6) is 0.432. The van der Waals surface area contributed by atoms with Crippen LogP contribution in [0.3, 0.4) is 0 Å². The summed E-state index contributed by atoms with van der Waals surface area (Å²) in [5.41, 5.74) is 1.13. The first-order chi connectivity index (χ1) is 5.34. The van der Waals surface area contributed by atoms with Gasteiger partial charge in [-0.1, -0.05) is 25.1 Å². The Hall–Kier alpha value is -1.11. The molecule has 11 heavy (non-hydrogen) atoms. The Kier molecular flexibility index (Phi) is 2.84. The van der Waals surface area contributed by atoms with Gasteiger partial charge in [0.05, 0.1) is 0 Å². The van der Waals surface area contributed by atoms with E-state index < -0.39 is 0 Å². The van der Waals surface area contributed by atoms with E-state index in [-0.39, 0.29) is 0 Å². The summed E-state index contributed by atoms with van der Waals surface area (Å²) >= 11 is 0. The molecule has 0 bridgehead atoms. The summed E-state index contributed by atoms with van der Waals surface area (Å²) < 4.78 is 0. The highest BCUT2D eigenvalue weighted by Gasteiger charge is 1.99. The molecule has 0 saturated heterocycles. The number of nitrogens with zero attached hydrogens (tertiary/aromatic N) is 1. The van der Waals surface area contributed by atoms with Crippen molar-refractivity contribution in [3.8, 4) is 0 Å². The molecule has 0 aliphatic heterocycles. The van der Waals surface area contributed by atoms with Crippen molar-refractivity contribution in [1.82, 2.24) is 4.98 Å². The number of aromatic nitrogens is 1. The van der Waals surface area contributed by atoms with Gasteiger partial charge in [-0.2, -0.15) is 0 Å². The molecule has 1 heterocycles. The smallest absolute Gasteiger partial charge is 0.0469 e. The predicted molar refractivity (Wildman–Crippen MR) is 47.5 cm³/mol. The van der Waals surface area contributed by atoms with Crippen LogP contribution >= 0.6 is 0 Å². The van der Waals surface area contributed by atoms with E-state index in [2.05, 4.69) is 24.1 Å². The zero-order valence-corrected chi connectivity index (χ0v) is 6.99. The van der Waals surface area contributed by atoms with Crippen molar-refractivity contribution < 1.29 is 0 Å². The molecule has 1 rings (SSSR count). The highest BCUT2D eigenvalue weighted by molar-refractivity contribution is 5.13. The predicted octanol–water partition coefficient (Wildman–Crippen LogP) is 2.76. The molecule has 1 nitrogen and oxygen atoms in total. The molecule has 0 saturated carbocycles. The molecule has 1 heteroatoms. The fourth-order valence-electron chi connectivity index (χ4n) is 1.03. The average Bonchev–Trinajstić information content (AvgIpc) is 2.07. The summed E-state index contributed by atoms with van der Waals surface area (Å²) in [6, 6.07) is 6.00. The maximum atomic E-state index is 4.25. The molecule has 0 aromatic carbocycles. The van der Waals surface area contributed by atoms with Crippen LogP contribution in [0.2, 0.25) is 0 Å². The third-order valence-corrected chi connectivity index (χ3v) is 1.64. The van der Waals surface area contributed by atoms with Crippen molar-refractivity contribution in [2.75, 3.05) is 0 Å². The van der Waals surface area contributed by atoms with E-state index in [1.165, 1.54) is 0 Å². The zero-order valence-electron chi connectivity index (χ0n) is 6.99. The largest absolute Gasteiger partial charge is 0.261 e. The SMILES string of the molecule is C/C=C/C(C)c1ccccn1. The lowest BCUT2D eigenvalue weighted by molar-refractivity contribution is 0.905. The van der Waals surface area contributed by atoms with Crippen molar-refractivity contribution in [3.63, 3.8) is 0 Å². The Bertz CT molecular complexity index is 226. The first-order valence-corrected chi connectivity index (χ1v) is 3.88. The number of rotatable bonds is 2. The molecule has 0 N–H and O–H groups in total. The highest BCUT2D eigenvalue weighted by Crippen LogP contribution is 2.12. The molecule has 58 valence electrons. The van der Waals surface area contributed by atoms with Gasteiger partial charge in [-0.25, -0.2) is 0 Å². The Morgan fingerprint density at radius 3 is 2.82 bits per heavy atom. The molecule has 1 atom stereocenters. The van der Waals surface area contributed by atoms with Gasteiger partial charge in [0, 0.05) is 17.8 Å². The fraction of sp³-hybridized carbons (Fsp3) is 0.300. The Labute approximate surface area is 67.8 Å². The Morgan fingerprint density at radius 1 is 1.45 bits per heavy atom. The van der Waals surface area contributed by atoms with Crippen molar-refractivity contribution in [2.45, 2.75) is 19.8 Å². The van der Waals surface area contributed by atoms with Gasteiger partial charge < -0.3 is 0 Å². The van der Waals surface area contributed by atoms with E-state index >= 15 is 0 Å². The van der Waals surface area contributed by atoms with E-state index in [4.69, 9.17) is 0 Å². The second-order valence-corrected chi connectivity index (χ2v) is 2.57. The molecule has 1 aromatic heterocycles. The molecule has 0 radical (unpaired) electrons. The molecule has 1 unspecified atom stereocenters. The van der Waals surface area contributed by atoms with E-state index in [1.807, 2.05) is 31.3 Å². The molecule has 0 amide bonds. The van der Waals surface area contributed by atoms with Gasteiger partial charge in [-0.15, -0.1) is 0 Å². The highest BCUT2D eigenvalue weighted by atomic mass is 14.7. The van der Waals surface area contributed by atoms with Crippen LogP contribution in [0.1, 0.15) is 25.5 Å². The second kappa shape index (κ2) is 3.91. The number of hydrogen-bond donors (Lipinski definition) is 0. The molecular weight excluding hydrogens is 134 g/mol. The lowest BCUT2D eigenvalue weighted by Gasteiger charge is -2.02. The molecule has 1 aromatic rings. The van der Waals surface area contributed by atoms with E-state index in [1.54, 1.807) is 0 Å². The fourth-order valence-corrected chi connectivity index (χ4v) is 1.03. The zero-order chi connectivity index (χ0) is 8.10. The lowest BCUT2D eigenvalue weighted by atomic mass is 10.1. The minimum absolute atomic E-state index is 0.432. The minimum Gasteiger partial charge on any atom is -0.261 e. The van der Waals surface area contributed by atoms with Crippen molar-refractivity contribution in [3.05, 3.63) is 42.2 Å². The third-order valence-electron chi connectivity index (χ3n) is 1.64. The van der Waals surface area contributed by atoms with E-state index in [0.29, 0.717) is 5.92 Å². The summed E-state index contributed by atoms with van der Waals surface area (Å²) in [6.45, 7) is 4.17. The summed E-state index contributed by atoms with van der Waals surface area (Å²) in [6.07, 6.45) is 6.02. The van der Waals surface area contributed by atoms with E-state index in [0.717, 1.165) is 5.69 Å². The summed E-state index contributed by atoms with van der Waals surface area (Å²) in [5, 5.41) is 0. The monoisotopic (exact) mass is 147 g/mol. The number of pyridine rings is 1. The van der Waals surface area contributed by atoms with Gasteiger partial charge in [-0.3, -0.25) is 4.98 Å². The van der Waals surface area contributed by atoms with E-state index in [9.17, 15) is 0 Å². The van der Waals surface area contributed by atoms with Gasteiger partial charge in [0.2, 0.25) is 0 Å². The van der Waals surface area contributed by atoms with Crippen LogP contribution in [0.5, 0.6) is 0 Å². The van der Waals surface area contributed by atoms with Crippen LogP contribution < -0.4 is 0 Å². The molecule has 0 aliphatic rings. The first-order valence-electron chi connectivity index (χ1n) is 3.88. The second-order valence-electron chi connectivity index (χ2n) is 2.57. The molecule has 0 spiro atoms. The van der Waals surface area contributed by atoms with Crippen LogP contribution in [-0.2, 0) is 0 Å². The van der Waals surface area contributed by atoms with Crippen molar-refractivity contribution in [1.29, 1.82) is 0 Å². The van der Waals surface area contributed by atoms with Gasteiger partial charge in [0.1, 0.15) is 0 Å². The quantitative estimate of drug-likeness (QED) is 0.586. The topological polar surface area (TPSA) is 12.9 Å². The normalized spacial score (nSPS) is 13.6. The number of allylic oxidation sites excluding steroid dienone is 2. The van der Waals surface area contributed by atoms with Crippen LogP contribution in [-0.4, -0.2) is 4.98 Å². The van der Waals surface area contributed by atoms with Gasteiger partial charge in [0.15, 0.2) is 0 Å². The van der Waals surface area contributed by atoms with Crippen LogP contribution in [0.4, 0.5) is 0 Å². The Balaban J connectivity index is 2.76. The maximum absolute atomic E-state index is 4.25. The van der Waals surface area contributed by atoms with Gasteiger partial charge in [-0.05, 0) is 19.1 Å². The summed E-state index contributed by atoms with van der Waals surface area (Å²) in [7, 11) is 0. The van der Waals surface area contributed by atoms with Gasteiger partial charge in [0.25, 0.3) is 0 Å².